The summed E-state index contributed by atoms with van der Waals surface area (Å²) in [5.41, 5.74) is 2.21. The van der Waals surface area contributed by atoms with Gasteiger partial charge in [0.15, 0.2) is 5.82 Å². The first-order chi connectivity index (χ1) is 14.6. The van der Waals surface area contributed by atoms with Gasteiger partial charge in [0.1, 0.15) is 28.7 Å². The van der Waals surface area contributed by atoms with Gasteiger partial charge in [-0.05, 0) is 48.4 Å². The van der Waals surface area contributed by atoms with Gasteiger partial charge in [0, 0.05) is 42.0 Å². The SMILES string of the molecule is CCCOc1cc(-c2ccc(F)cc2F)cc2c(NC)nc(-c3cccnc3)nc12. The maximum Gasteiger partial charge on any atom is 0.163 e. The van der Waals surface area contributed by atoms with E-state index in [9.17, 15) is 8.78 Å². The fraction of sp³-hybridized carbons (Fsp3) is 0.174. The number of fused-ring (bicyclic) bond motifs is 1. The zero-order valence-electron chi connectivity index (χ0n) is 16.6. The van der Waals surface area contributed by atoms with E-state index >= 15 is 0 Å². The zero-order chi connectivity index (χ0) is 21.1. The van der Waals surface area contributed by atoms with Crippen LogP contribution in [-0.4, -0.2) is 28.6 Å². The predicted octanol–water partition coefficient (Wildman–Crippen LogP) is 5.47. The van der Waals surface area contributed by atoms with Gasteiger partial charge in [-0.2, -0.15) is 0 Å². The topological polar surface area (TPSA) is 59.9 Å². The number of benzene rings is 2. The summed E-state index contributed by atoms with van der Waals surface area (Å²) >= 11 is 0. The molecule has 152 valence electrons. The summed E-state index contributed by atoms with van der Waals surface area (Å²) in [6.07, 6.45) is 4.17. The summed E-state index contributed by atoms with van der Waals surface area (Å²) in [4.78, 5) is 13.5. The van der Waals surface area contributed by atoms with Crippen molar-refractivity contribution in [1.29, 1.82) is 0 Å². The summed E-state index contributed by atoms with van der Waals surface area (Å²) < 4.78 is 33.8. The molecule has 0 bridgehead atoms. The zero-order valence-corrected chi connectivity index (χ0v) is 16.6. The Hall–Kier alpha value is -3.61. The van der Waals surface area contributed by atoms with E-state index in [0.29, 0.717) is 40.5 Å². The Morgan fingerprint density at radius 1 is 1.03 bits per heavy atom. The van der Waals surface area contributed by atoms with Crippen molar-refractivity contribution in [3.8, 4) is 28.3 Å². The smallest absolute Gasteiger partial charge is 0.163 e. The molecule has 4 rings (SSSR count). The number of nitrogens with zero attached hydrogens (tertiary/aromatic N) is 3. The van der Waals surface area contributed by atoms with Crippen molar-refractivity contribution < 1.29 is 13.5 Å². The molecule has 0 spiro atoms. The Morgan fingerprint density at radius 3 is 2.60 bits per heavy atom. The van der Waals surface area contributed by atoms with Gasteiger partial charge in [0.25, 0.3) is 0 Å². The van der Waals surface area contributed by atoms with Crippen LogP contribution in [-0.2, 0) is 0 Å². The van der Waals surface area contributed by atoms with E-state index in [1.807, 2.05) is 19.1 Å². The van der Waals surface area contributed by atoms with E-state index in [1.165, 1.54) is 12.1 Å². The van der Waals surface area contributed by atoms with E-state index in [-0.39, 0.29) is 5.56 Å². The second-order valence-electron chi connectivity index (χ2n) is 6.73. The number of aromatic nitrogens is 3. The molecule has 2 heterocycles. The summed E-state index contributed by atoms with van der Waals surface area (Å²) in [7, 11) is 1.76. The molecule has 0 saturated heterocycles. The average Bonchev–Trinajstić information content (AvgIpc) is 2.77. The van der Waals surface area contributed by atoms with Crippen molar-refractivity contribution in [2.45, 2.75) is 13.3 Å². The van der Waals surface area contributed by atoms with Crippen molar-refractivity contribution in [3.05, 3.63) is 66.5 Å². The average molecular weight is 406 g/mol. The van der Waals surface area contributed by atoms with Crippen molar-refractivity contribution in [1.82, 2.24) is 15.0 Å². The third-order valence-corrected chi connectivity index (χ3v) is 4.63. The summed E-state index contributed by atoms with van der Waals surface area (Å²) in [5, 5.41) is 3.76. The lowest BCUT2D eigenvalue weighted by molar-refractivity contribution is 0.320. The van der Waals surface area contributed by atoms with Crippen LogP contribution in [0.25, 0.3) is 33.4 Å². The molecule has 0 aliphatic heterocycles. The minimum Gasteiger partial charge on any atom is -0.491 e. The normalized spacial score (nSPS) is 10.9. The second kappa shape index (κ2) is 8.41. The first kappa shape index (κ1) is 19.7. The lowest BCUT2D eigenvalue weighted by Gasteiger charge is -2.15. The highest BCUT2D eigenvalue weighted by Gasteiger charge is 2.17. The van der Waals surface area contributed by atoms with Crippen LogP contribution in [0.5, 0.6) is 5.75 Å². The highest BCUT2D eigenvalue weighted by Crippen LogP contribution is 2.36. The van der Waals surface area contributed by atoms with Gasteiger partial charge in [-0.15, -0.1) is 0 Å². The molecular formula is C23H20F2N4O. The fourth-order valence-corrected chi connectivity index (χ4v) is 3.22. The van der Waals surface area contributed by atoms with E-state index in [2.05, 4.69) is 15.3 Å². The molecule has 0 radical (unpaired) electrons. The van der Waals surface area contributed by atoms with Crippen LogP contribution in [0.4, 0.5) is 14.6 Å². The van der Waals surface area contributed by atoms with Crippen LogP contribution < -0.4 is 10.1 Å². The number of ether oxygens (including phenoxy) is 1. The summed E-state index contributed by atoms with van der Waals surface area (Å²) in [5.74, 6) is 0.318. The van der Waals surface area contributed by atoms with E-state index in [4.69, 9.17) is 9.72 Å². The largest absolute Gasteiger partial charge is 0.491 e. The summed E-state index contributed by atoms with van der Waals surface area (Å²) in [6, 6.07) is 10.7. The molecule has 2 aromatic carbocycles. The Bertz CT molecular complexity index is 1200. The molecule has 0 unspecified atom stereocenters. The molecule has 0 atom stereocenters. The minimum absolute atomic E-state index is 0.276. The van der Waals surface area contributed by atoms with Gasteiger partial charge < -0.3 is 10.1 Å². The number of pyridine rings is 1. The highest BCUT2D eigenvalue weighted by molar-refractivity contribution is 5.97. The number of hydrogen-bond acceptors (Lipinski definition) is 5. The number of anilines is 1. The Labute approximate surface area is 172 Å². The molecule has 0 aliphatic carbocycles. The third kappa shape index (κ3) is 3.78. The van der Waals surface area contributed by atoms with Crippen molar-refractivity contribution >= 4 is 16.7 Å². The van der Waals surface area contributed by atoms with Crippen LogP contribution in [0, 0.1) is 11.6 Å². The number of rotatable bonds is 6. The molecule has 5 nitrogen and oxygen atoms in total. The molecule has 1 N–H and O–H groups in total. The monoisotopic (exact) mass is 406 g/mol. The minimum atomic E-state index is -0.644. The first-order valence-electron chi connectivity index (χ1n) is 9.63. The lowest BCUT2D eigenvalue weighted by Crippen LogP contribution is -2.03. The van der Waals surface area contributed by atoms with Crippen LogP contribution in [0.3, 0.4) is 0 Å². The van der Waals surface area contributed by atoms with Crippen molar-refractivity contribution in [2.24, 2.45) is 0 Å². The molecule has 0 aliphatic rings. The number of nitrogens with one attached hydrogen (secondary N) is 1. The maximum absolute atomic E-state index is 14.5. The van der Waals surface area contributed by atoms with Gasteiger partial charge in [-0.1, -0.05) is 6.92 Å². The number of hydrogen-bond donors (Lipinski definition) is 1. The maximum atomic E-state index is 14.5. The quantitative estimate of drug-likeness (QED) is 0.460. The molecule has 7 heteroatoms. The fourth-order valence-electron chi connectivity index (χ4n) is 3.22. The van der Waals surface area contributed by atoms with E-state index < -0.39 is 11.6 Å². The highest BCUT2D eigenvalue weighted by atomic mass is 19.1. The van der Waals surface area contributed by atoms with Gasteiger partial charge in [0.05, 0.1) is 6.61 Å². The van der Waals surface area contributed by atoms with Gasteiger partial charge in [0.2, 0.25) is 0 Å². The predicted molar refractivity (Wildman–Crippen MR) is 113 cm³/mol. The van der Waals surface area contributed by atoms with E-state index in [0.717, 1.165) is 18.1 Å². The summed E-state index contributed by atoms with van der Waals surface area (Å²) in [6.45, 7) is 2.48. The molecule has 4 aromatic rings. The van der Waals surface area contributed by atoms with Gasteiger partial charge in [-0.3, -0.25) is 4.98 Å². The van der Waals surface area contributed by atoms with Crippen molar-refractivity contribution in [3.63, 3.8) is 0 Å². The Kier molecular flexibility index (Phi) is 5.52. The van der Waals surface area contributed by atoms with Crippen LogP contribution in [0.15, 0.2) is 54.9 Å². The van der Waals surface area contributed by atoms with Crippen LogP contribution in [0.2, 0.25) is 0 Å². The van der Waals surface area contributed by atoms with Gasteiger partial charge in [-0.25, -0.2) is 18.7 Å². The third-order valence-electron chi connectivity index (χ3n) is 4.63. The van der Waals surface area contributed by atoms with E-state index in [1.54, 1.807) is 31.6 Å². The van der Waals surface area contributed by atoms with Gasteiger partial charge >= 0.3 is 0 Å². The Balaban J connectivity index is 1.97. The number of halogens is 2. The molecular weight excluding hydrogens is 386 g/mol. The Morgan fingerprint density at radius 2 is 1.90 bits per heavy atom. The lowest BCUT2D eigenvalue weighted by atomic mass is 10.0. The van der Waals surface area contributed by atoms with Crippen LogP contribution >= 0.6 is 0 Å². The van der Waals surface area contributed by atoms with Crippen LogP contribution in [0.1, 0.15) is 13.3 Å². The van der Waals surface area contributed by atoms with Crippen molar-refractivity contribution in [2.75, 3.05) is 19.0 Å². The molecule has 2 aromatic heterocycles. The molecule has 0 fully saturated rings. The molecule has 30 heavy (non-hydrogen) atoms. The molecule has 0 saturated carbocycles. The molecule has 0 amide bonds. The second-order valence-corrected chi connectivity index (χ2v) is 6.73. The standard InChI is InChI=1S/C23H20F2N4O/c1-3-9-30-20-11-15(17-7-6-16(24)12-19(17)25)10-18-21(20)28-22(29-23(18)26-2)14-5-4-8-27-13-14/h4-8,10-13H,3,9H2,1-2H3,(H,26,28,29). The first-order valence-corrected chi connectivity index (χ1v) is 9.63.